The van der Waals surface area contributed by atoms with E-state index in [0.717, 1.165) is 5.69 Å². The predicted molar refractivity (Wildman–Crippen MR) is 70.8 cm³/mol. The van der Waals surface area contributed by atoms with E-state index in [9.17, 15) is 9.59 Å². The van der Waals surface area contributed by atoms with Crippen LogP contribution >= 0.6 is 0 Å². The molecular weight excluding hydrogens is 246 g/mol. The molecular formula is C14H17NO4. The van der Waals surface area contributed by atoms with Crippen molar-refractivity contribution < 1.29 is 19.1 Å². The van der Waals surface area contributed by atoms with Crippen molar-refractivity contribution in [2.75, 3.05) is 31.7 Å². The summed E-state index contributed by atoms with van der Waals surface area (Å²) in [5.41, 5.74) is 1.29. The van der Waals surface area contributed by atoms with E-state index in [-0.39, 0.29) is 5.78 Å². The Morgan fingerprint density at radius 3 is 2.79 bits per heavy atom. The van der Waals surface area contributed by atoms with Gasteiger partial charge in [-0.2, -0.15) is 0 Å². The SMILES string of the molecule is CCOC(=O)c1ccc(N2CCC(=O)C2)cc1OC. The topological polar surface area (TPSA) is 55.8 Å². The Kier molecular flexibility index (Phi) is 4.04. The first-order valence-electron chi connectivity index (χ1n) is 6.27. The van der Waals surface area contributed by atoms with Crippen molar-refractivity contribution >= 4 is 17.4 Å². The maximum absolute atomic E-state index is 11.7. The van der Waals surface area contributed by atoms with Crippen molar-refractivity contribution in [2.45, 2.75) is 13.3 Å². The van der Waals surface area contributed by atoms with Crippen molar-refractivity contribution in [1.29, 1.82) is 0 Å². The molecule has 2 rings (SSSR count). The van der Waals surface area contributed by atoms with Crippen LogP contribution in [0.3, 0.4) is 0 Å². The van der Waals surface area contributed by atoms with Gasteiger partial charge in [0.25, 0.3) is 0 Å². The lowest BCUT2D eigenvalue weighted by molar-refractivity contribution is -0.116. The molecule has 0 N–H and O–H groups in total. The molecule has 102 valence electrons. The summed E-state index contributed by atoms with van der Waals surface area (Å²) in [7, 11) is 1.51. The van der Waals surface area contributed by atoms with Gasteiger partial charge < -0.3 is 14.4 Å². The van der Waals surface area contributed by atoms with E-state index in [2.05, 4.69) is 0 Å². The Hall–Kier alpha value is -2.04. The highest BCUT2D eigenvalue weighted by atomic mass is 16.5. The van der Waals surface area contributed by atoms with Crippen LogP contribution < -0.4 is 9.64 Å². The maximum atomic E-state index is 11.7. The minimum Gasteiger partial charge on any atom is -0.496 e. The Morgan fingerprint density at radius 1 is 1.42 bits per heavy atom. The van der Waals surface area contributed by atoms with E-state index in [0.29, 0.717) is 37.4 Å². The van der Waals surface area contributed by atoms with E-state index >= 15 is 0 Å². The number of anilines is 1. The lowest BCUT2D eigenvalue weighted by atomic mass is 10.1. The zero-order valence-electron chi connectivity index (χ0n) is 11.1. The normalized spacial score (nSPS) is 14.6. The summed E-state index contributed by atoms with van der Waals surface area (Å²) in [6.45, 7) is 3.21. The molecule has 0 aliphatic carbocycles. The molecule has 1 aromatic carbocycles. The van der Waals surface area contributed by atoms with Gasteiger partial charge in [0.2, 0.25) is 0 Å². The number of nitrogens with zero attached hydrogens (tertiary/aromatic N) is 1. The molecule has 0 bridgehead atoms. The second kappa shape index (κ2) is 5.73. The van der Waals surface area contributed by atoms with Crippen molar-refractivity contribution in [2.24, 2.45) is 0 Å². The van der Waals surface area contributed by atoms with Crippen LogP contribution in [0.1, 0.15) is 23.7 Å². The van der Waals surface area contributed by atoms with Gasteiger partial charge in [-0.15, -0.1) is 0 Å². The van der Waals surface area contributed by atoms with Gasteiger partial charge >= 0.3 is 5.97 Å². The summed E-state index contributed by atoms with van der Waals surface area (Å²) < 4.78 is 10.2. The molecule has 5 nitrogen and oxygen atoms in total. The number of carbonyl (C=O) groups is 2. The molecule has 1 fully saturated rings. The molecule has 0 aromatic heterocycles. The average Bonchev–Trinajstić information content (AvgIpc) is 2.85. The molecule has 1 aromatic rings. The van der Waals surface area contributed by atoms with Gasteiger partial charge in [-0.05, 0) is 19.1 Å². The van der Waals surface area contributed by atoms with Gasteiger partial charge in [0.05, 0.1) is 20.3 Å². The highest BCUT2D eigenvalue weighted by molar-refractivity contribution is 5.93. The van der Waals surface area contributed by atoms with Gasteiger partial charge in [0, 0.05) is 24.7 Å². The molecule has 0 radical (unpaired) electrons. The summed E-state index contributed by atoms with van der Waals surface area (Å²) in [5.74, 6) is 0.298. The number of esters is 1. The minimum atomic E-state index is -0.400. The number of hydrogen-bond acceptors (Lipinski definition) is 5. The van der Waals surface area contributed by atoms with Crippen LogP contribution in [0, 0.1) is 0 Å². The zero-order chi connectivity index (χ0) is 13.8. The summed E-state index contributed by atoms with van der Waals surface area (Å²) in [6, 6.07) is 5.26. The largest absolute Gasteiger partial charge is 0.496 e. The van der Waals surface area contributed by atoms with E-state index in [4.69, 9.17) is 9.47 Å². The van der Waals surface area contributed by atoms with Crippen LogP contribution in [0.4, 0.5) is 5.69 Å². The predicted octanol–water partition coefficient (Wildman–Crippen LogP) is 1.65. The first kappa shape index (κ1) is 13.4. The lowest BCUT2D eigenvalue weighted by Gasteiger charge is -2.18. The Balaban J connectivity index is 2.25. The molecule has 1 aliphatic rings. The molecule has 0 saturated carbocycles. The first-order valence-corrected chi connectivity index (χ1v) is 6.27. The second-order valence-corrected chi connectivity index (χ2v) is 4.32. The third kappa shape index (κ3) is 2.86. The van der Waals surface area contributed by atoms with Gasteiger partial charge in [-0.3, -0.25) is 4.79 Å². The molecule has 1 aliphatic heterocycles. The number of hydrogen-bond donors (Lipinski definition) is 0. The van der Waals surface area contributed by atoms with Crippen LogP contribution in [0.2, 0.25) is 0 Å². The quantitative estimate of drug-likeness (QED) is 0.773. The smallest absolute Gasteiger partial charge is 0.341 e. The Morgan fingerprint density at radius 2 is 2.21 bits per heavy atom. The number of ketones is 1. The van der Waals surface area contributed by atoms with Crippen molar-refractivity contribution in [3.63, 3.8) is 0 Å². The number of methoxy groups -OCH3 is 1. The maximum Gasteiger partial charge on any atom is 0.341 e. The number of carbonyl (C=O) groups excluding carboxylic acids is 2. The number of Topliss-reactive ketones (excluding diaryl/α,β-unsaturated/α-hetero) is 1. The second-order valence-electron chi connectivity index (χ2n) is 4.32. The molecule has 5 heteroatoms. The van der Waals surface area contributed by atoms with Crippen molar-refractivity contribution in [3.8, 4) is 5.75 Å². The lowest BCUT2D eigenvalue weighted by Crippen LogP contribution is -2.19. The van der Waals surface area contributed by atoms with Gasteiger partial charge in [0.15, 0.2) is 5.78 Å². The van der Waals surface area contributed by atoms with E-state index in [1.165, 1.54) is 7.11 Å². The third-order valence-corrected chi connectivity index (χ3v) is 3.07. The number of rotatable bonds is 4. The number of benzene rings is 1. The van der Waals surface area contributed by atoms with Crippen LogP contribution in [-0.4, -0.2) is 38.6 Å². The van der Waals surface area contributed by atoms with E-state index in [1.54, 1.807) is 19.1 Å². The molecule has 1 saturated heterocycles. The Bertz CT molecular complexity index is 498. The highest BCUT2D eigenvalue weighted by Crippen LogP contribution is 2.27. The average molecular weight is 263 g/mol. The van der Waals surface area contributed by atoms with Crippen LogP contribution in [0.15, 0.2) is 18.2 Å². The van der Waals surface area contributed by atoms with Crippen LogP contribution in [0.5, 0.6) is 5.75 Å². The summed E-state index contributed by atoms with van der Waals surface area (Å²) in [4.78, 5) is 25.0. The summed E-state index contributed by atoms with van der Waals surface area (Å²) in [5, 5.41) is 0. The fraction of sp³-hybridized carbons (Fsp3) is 0.429. The van der Waals surface area contributed by atoms with E-state index < -0.39 is 5.97 Å². The molecule has 0 unspecified atom stereocenters. The van der Waals surface area contributed by atoms with Crippen LogP contribution in [0.25, 0.3) is 0 Å². The monoisotopic (exact) mass is 263 g/mol. The highest BCUT2D eigenvalue weighted by Gasteiger charge is 2.21. The summed E-state index contributed by atoms with van der Waals surface area (Å²) >= 11 is 0. The Labute approximate surface area is 112 Å². The molecule has 0 amide bonds. The number of ether oxygens (including phenoxy) is 2. The van der Waals surface area contributed by atoms with Gasteiger partial charge in [-0.1, -0.05) is 0 Å². The first-order chi connectivity index (χ1) is 9.15. The third-order valence-electron chi connectivity index (χ3n) is 3.07. The summed E-state index contributed by atoms with van der Waals surface area (Å²) in [6.07, 6.45) is 0.571. The fourth-order valence-electron chi connectivity index (χ4n) is 2.11. The minimum absolute atomic E-state index is 0.230. The molecule has 0 atom stereocenters. The van der Waals surface area contributed by atoms with Gasteiger partial charge in [0.1, 0.15) is 11.3 Å². The van der Waals surface area contributed by atoms with E-state index in [1.807, 2.05) is 11.0 Å². The molecule has 0 spiro atoms. The van der Waals surface area contributed by atoms with Gasteiger partial charge in [-0.25, -0.2) is 4.79 Å². The standard InChI is InChI=1S/C14H17NO4/c1-3-19-14(17)12-5-4-10(8-13(12)18-2)15-7-6-11(16)9-15/h4-5,8H,3,6-7,9H2,1-2H3. The van der Waals surface area contributed by atoms with Crippen LogP contribution in [-0.2, 0) is 9.53 Å². The molecule has 19 heavy (non-hydrogen) atoms. The fourth-order valence-corrected chi connectivity index (χ4v) is 2.11. The molecule has 1 heterocycles. The zero-order valence-corrected chi connectivity index (χ0v) is 11.1. The van der Waals surface area contributed by atoms with Crippen molar-refractivity contribution in [3.05, 3.63) is 23.8 Å². The van der Waals surface area contributed by atoms with Crippen molar-refractivity contribution in [1.82, 2.24) is 0 Å².